The van der Waals surface area contributed by atoms with Gasteiger partial charge in [-0.2, -0.15) is 0 Å². The highest BCUT2D eigenvalue weighted by Gasteiger charge is 2.12. The molecule has 0 aliphatic rings. The molecule has 0 fully saturated rings. The summed E-state index contributed by atoms with van der Waals surface area (Å²) in [7, 11) is 1.47. The van der Waals surface area contributed by atoms with Crippen LogP contribution in [0.5, 0.6) is 0 Å². The van der Waals surface area contributed by atoms with E-state index in [0.717, 1.165) is 0 Å². The Labute approximate surface area is 111 Å². The second kappa shape index (κ2) is 8.17. The summed E-state index contributed by atoms with van der Waals surface area (Å²) < 4.78 is 4.76. The van der Waals surface area contributed by atoms with Crippen LogP contribution in [0.15, 0.2) is 24.5 Å². The molecule has 1 aromatic rings. The third-order valence-corrected chi connectivity index (χ3v) is 2.28. The van der Waals surface area contributed by atoms with Crippen LogP contribution in [-0.2, 0) is 14.3 Å². The van der Waals surface area contributed by atoms with Crippen LogP contribution in [0.3, 0.4) is 0 Å². The molecule has 0 saturated heterocycles. The normalized spacial score (nSPS) is 11.7. The van der Waals surface area contributed by atoms with Crippen molar-refractivity contribution >= 4 is 17.5 Å². The van der Waals surface area contributed by atoms with Crippen molar-refractivity contribution < 1.29 is 14.3 Å². The highest BCUT2D eigenvalue weighted by molar-refractivity contribution is 5.91. The van der Waals surface area contributed by atoms with Crippen molar-refractivity contribution in [2.75, 3.05) is 25.6 Å². The van der Waals surface area contributed by atoms with Crippen LogP contribution in [-0.4, -0.2) is 43.1 Å². The zero-order valence-corrected chi connectivity index (χ0v) is 10.8. The first-order chi connectivity index (χ1) is 9.13. The van der Waals surface area contributed by atoms with Crippen LogP contribution in [0.25, 0.3) is 0 Å². The summed E-state index contributed by atoms with van der Waals surface area (Å²) >= 11 is 0. The highest BCUT2D eigenvalue weighted by Crippen LogP contribution is 2.02. The van der Waals surface area contributed by atoms with Gasteiger partial charge in [-0.15, -0.1) is 0 Å². The first-order valence-electron chi connectivity index (χ1n) is 5.85. The molecule has 1 atom stereocenters. The van der Waals surface area contributed by atoms with Gasteiger partial charge in [0.1, 0.15) is 6.04 Å². The second-order valence-electron chi connectivity index (χ2n) is 3.89. The van der Waals surface area contributed by atoms with Gasteiger partial charge in [-0.3, -0.25) is 14.6 Å². The lowest BCUT2D eigenvalue weighted by Crippen LogP contribution is -2.44. The van der Waals surface area contributed by atoms with Crippen LogP contribution in [0, 0.1) is 0 Å². The van der Waals surface area contributed by atoms with Crippen LogP contribution < -0.4 is 16.4 Å². The van der Waals surface area contributed by atoms with Crippen molar-refractivity contribution in [1.29, 1.82) is 0 Å². The molecule has 0 aromatic carbocycles. The minimum atomic E-state index is -0.716. The van der Waals surface area contributed by atoms with Gasteiger partial charge in [0.25, 0.3) is 0 Å². The molecule has 4 N–H and O–H groups in total. The molecule has 0 aliphatic heterocycles. The number of methoxy groups -OCH3 is 1. The molecule has 0 saturated carbocycles. The van der Waals surface area contributed by atoms with E-state index in [-0.39, 0.29) is 31.4 Å². The minimum Gasteiger partial charge on any atom is -0.383 e. The van der Waals surface area contributed by atoms with E-state index < -0.39 is 6.04 Å². The fraction of sp³-hybridized carbons (Fsp3) is 0.417. The van der Waals surface area contributed by atoms with Crippen molar-refractivity contribution in [3.8, 4) is 0 Å². The molecule has 0 radical (unpaired) electrons. The molecule has 1 heterocycles. The zero-order valence-electron chi connectivity index (χ0n) is 10.8. The summed E-state index contributed by atoms with van der Waals surface area (Å²) in [6.07, 6.45) is 3.33. The molecule has 104 valence electrons. The Morgan fingerprint density at radius 3 is 2.95 bits per heavy atom. The van der Waals surface area contributed by atoms with Gasteiger partial charge >= 0.3 is 0 Å². The Hall–Kier alpha value is -1.99. The quantitative estimate of drug-likeness (QED) is 0.617. The molecule has 7 nitrogen and oxygen atoms in total. The van der Waals surface area contributed by atoms with Crippen molar-refractivity contribution in [1.82, 2.24) is 10.3 Å². The van der Waals surface area contributed by atoms with Gasteiger partial charge in [0, 0.05) is 26.3 Å². The van der Waals surface area contributed by atoms with E-state index in [4.69, 9.17) is 10.5 Å². The summed E-state index contributed by atoms with van der Waals surface area (Å²) in [6, 6.07) is 2.74. The Morgan fingerprint density at radius 2 is 2.32 bits per heavy atom. The SMILES string of the molecule is COCC(N)C(=O)NCCC(=O)Nc1cccnc1. The maximum absolute atomic E-state index is 11.5. The number of nitrogens with two attached hydrogens (primary N) is 1. The van der Waals surface area contributed by atoms with Gasteiger partial charge in [0.15, 0.2) is 0 Å². The Morgan fingerprint density at radius 1 is 1.53 bits per heavy atom. The van der Waals surface area contributed by atoms with Gasteiger partial charge in [0.2, 0.25) is 11.8 Å². The fourth-order valence-electron chi connectivity index (χ4n) is 1.35. The lowest BCUT2D eigenvalue weighted by atomic mass is 10.3. The second-order valence-corrected chi connectivity index (χ2v) is 3.89. The average Bonchev–Trinajstić information content (AvgIpc) is 2.40. The van der Waals surface area contributed by atoms with Gasteiger partial charge in [-0.1, -0.05) is 0 Å². The highest BCUT2D eigenvalue weighted by atomic mass is 16.5. The Kier molecular flexibility index (Phi) is 6.48. The molecule has 19 heavy (non-hydrogen) atoms. The summed E-state index contributed by atoms with van der Waals surface area (Å²) in [4.78, 5) is 26.8. The van der Waals surface area contributed by atoms with Crippen molar-refractivity contribution in [2.45, 2.75) is 12.5 Å². The standard InChI is InChI=1S/C12H18N4O3/c1-19-8-10(13)12(18)15-6-4-11(17)16-9-3-2-5-14-7-9/h2-3,5,7,10H,4,6,8,13H2,1H3,(H,15,18)(H,16,17). The maximum atomic E-state index is 11.5. The molecule has 1 unspecified atom stereocenters. The number of nitrogens with one attached hydrogen (secondary N) is 2. The zero-order chi connectivity index (χ0) is 14.1. The predicted octanol–water partition coefficient (Wildman–Crippen LogP) is -0.500. The number of hydrogen-bond acceptors (Lipinski definition) is 5. The van der Waals surface area contributed by atoms with Gasteiger partial charge in [0.05, 0.1) is 18.5 Å². The first-order valence-corrected chi connectivity index (χ1v) is 5.85. The third kappa shape index (κ3) is 5.94. The molecule has 0 spiro atoms. The lowest BCUT2D eigenvalue weighted by Gasteiger charge is -2.11. The number of nitrogens with zero attached hydrogens (tertiary/aromatic N) is 1. The number of pyridine rings is 1. The van der Waals surface area contributed by atoms with E-state index in [1.165, 1.54) is 7.11 Å². The summed E-state index contributed by atoms with van der Waals surface area (Å²) in [5, 5.41) is 5.22. The molecule has 0 bridgehead atoms. The lowest BCUT2D eigenvalue weighted by molar-refractivity contribution is -0.123. The van der Waals surface area contributed by atoms with Crippen molar-refractivity contribution in [3.63, 3.8) is 0 Å². The smallest absolute Gasteiger partial charge is 0.239 e. The molecular formula is C12H18N4O3. The van der Waals surface area contributed by atoms with Crippen LogP contribution in [0.4, 0.5) is 5.69 Å². The third-order valence-electron chi connectivity index (χ3n) is 2.28. The van der Waals surface area contributed by atoms with Gasteiger partial charge < -0.3 is 21.1 Å². The van der Waals surface area contributed by atoms with E-state index in [1.807, 2.05) is 0 Å². The number of ether oxygens (including phenoxy) is 1. The summed E-state index contributed by atoms with van der Waals surface area (Å²) in [5.74, 6) is -0.537. The van der Waals surface area contributed by atoms with E-state index >= 15 is 0 Å². The van der Waals surface area contributed by atoms with Crippen LogP contribution in [0.2, 0.25) is 0 Å². The predicted molar refractivity (Wildman–Crippen MR) is 70.3 cm³/mol. The van der Waals surface area contributed by atoms with Gasteiger partial charge in [-0.25, -0.2) is 0 Å². The first kappa shape index (κ1) is 15.1. The van der Waals surface area contributed by atoms with Gasteiger partial charge in [-0.05, 0) is 12.1 Å². The number of amides is 2. The molecule has 1 aromatic heterocycles. The maximum Gasteiger partial charge on any atom is 0.239 e. The van der Waals surface area contributed by atoms with E-state index in [9.17, 15) is 9.59 Å². The molecule has 0 aliphatic carbocycles. The monoisotopic (exact) mass is 266 g/mol. The Balaban J connectivity index is 2.22. The topological polar surface area (TPSA) is 106 Å². The van der Waals surface area contributed by atoms with E-state index in [2.05, 4.69) is 15.6 Å². The number of carbonyl (C=O) groups is 2. The largest absolute Gasteiger partial charge is 0.383 e. The number of aromatic nitrogens is 1. The van der Waals surface area contributed by atoms with E-state index in [0.29, 0.717) is 5.69 Å². The fourth-order valence-corrected chi connectivity index (χ4v) is 1.35. The number of anilines is 1. The molecule has 2 amide bonds. The molecule has 1 rings (SSSR count). The minimum absolute atomic E-state index is 0.147. The summed E-state index contributed by atoms with van der Waals surface area (Å²) in [6.45, 7) is 0.371. The molecule has 7 heteroatoms. The van der Waals surface area contributed by atoms with Crippen LogP contribution >= 0.6 is 0 Å². The van der Waals surface area contributed by atoms with Crippen LogP contribution in [0.1, 0.15) is 6.42 Å². The van der Waals surface area contributed by atoms with E-state index in [1.54, 1.807) is 24.5 Å². The number of carbonyl (C=O) groups excluding carboxylic acids is 2. The molecular weight excluding hydrogens is 248 g/mol. The Bertz CT molecular complexity index is 411. The van der Waals surface area contributed by atoms with Crippen molar-refractivity contribution in [2.24, 2.45) is 5.73 Å². The number of rotatable bonds is 7. The summed E-state index contributed by atoms with van der Waals surface area (Å²) in [5.41, 5.74) is 6.14. The van der Waals surface area contributed by atoms with Crippen molar-refractivity contribution in [3.05, 3.63) is 24.5 Å². The number of hydrogen-bond donors (Lipinski definition) is 3. The average molecular weight is 266 g/mol.